The summed E-state index contributed by atoms with van der Waals surface area (Å²) in [5, 5.41) is 22.9. The summed E-state index contributed by atoms with van der Waals surface area (Å²) in [7, 11) is 0. The van der Waals surface area contributed by atoms with Gasteiger partial charge in [0.15, 0.2) is 0 Å². The predicted octanol–water partition coefficient (Wildman–Crippen LogP) is -0.395. The number of aliphatic hydroxyl groups excluding tert-OH is 1. The van der Waals surface area contributed by atoms with Crippen LogP contribution < -0.4 is 0 Å². The van der Waals surface area contributed by atoms with Crippen molar-refractivity contribution in [1.29, 1.82) is 0 Å². The second-order valence-corrected chi connectivity index (χ2v) is 5.02. The molecule has 3 heterocycles. The molecular formula is C10H11N5O2S. The van der Waals surface area contributed by atoms with Gasteiger partial charge in [-0.15, -0.1) is 21.5 Å². The number of hydrogen-bond donors (Lipinski definition) is 1. The predicted molar refractivity (Wildman–Crippen MR) is 63.7 cm³/mol. The van der Waals surface area contributed by atoms with Gasteiger partial charge < -0.3 is 10.0 Å². The third-order valence-corrected chi connectivity index (χ3v) is 3.55. The molecular weight excluding hydrogens is 254 g/mol. The summed E-state index contributed by atoms with van der Waals surface area (Å²) in [5.74, 6) is 0.428. The van der Waals surface area contributed by atoms with E-state index in [2.05, 4.69) is 15.4 Å². The van der Waals surface area contributed by atoms with Crippen molar-refractivity contribution in [2.24, 2.45) is 0 Å². The van der Waals surface area contributed by atoms with Crippen LogP contribution in [0.2, 0.25) is 0 Å². The number of tetrazole rings is 1. The summed E-state index contributed by atoms with van der Waals surface area (Å²) in [5.41, 5.74) is 0. The Balaban J connectivity index is 1.65. The van der Waals surface area contributed by atoms with Crippen molar-refractivity contribution in [1.82, 2.24) is 25.1 Å². The molecule has 3 rings (SSSR count). The van der Waals surface area contributed by atoms with Crippen LogP contribution in [0.1, 0.15) is 0 Å². The molecule has 18 heavy (non-hydrogen) atoms. The Morgan fingerprint density at radius 2 is 2.39 bits per heavy atom. The Morgan fingerprint density at radius 3 is 3.06 bits per heavy atom. The summed E-state index contributed by atoms with van der Waals surface area (Å²) >= 11 is 1.52. The van der Waals surface area contributed by atoms with Gasteiger partial charge in [-0.25, -0.2) is 0 Å². The number of rotatable bonds is 3. The van der Waals surface area contributed by atoms with E-state index in [0.29, 0.717) is 18.9 Å². The fourth-order valence-corrected chi connectivity index (χ4v) is 2.34. The number of carbonyl (C=O) groups is 1. The molecule has 1 amide bonds. The van der Waals surface area contributed by atoms with Crippen molar-refractivity contribution in [2.75, 3.05) is 13.1 Å². The standard InChI is InChI=1S/C10H11N5O2S/c16-7-4-14(5-7)9(17)6-15-12-10(11-13-15)8-2-1-3-18-8/h1-3,7,16H,4-6H2. The molecule has 2 aromatic heterocycles. The fourth-order valence-electron chi connectivity index (χ4n) is 1.69. The van der Waals surface area contributed by atoms with Crippen LogP contribution in [-0.2, 0) is 11.3 Å². The number of β-amino-alcohol motifs (C(OH)–C–C–N with tert-alkyl or cyclic N) is 1. The van der Waals surface area contributed by atoms with Crippen molar-refractivity contribution in [3.8, 4) is 10.7 Å². The first-order valence-electron chi connectivity index (χ1n) is 5.50. The smallest absolute Gasteiger partial charge is 0.246 e. The van der Waals surface area contributed by atoms with Gasteiger partial charge in [-0.1, -0.05) is 6.07 Å². The van der Waals surface area contributed by atoms with Gasteiger partial charge in [0.05, 0.1) is 11.0 Å². The average molecular weight is 265 g/mol. The summed E-state index contributed by atoms with van der Waals surface area (Å²) in [4.78, 5) is 15.5. The van der Waals surface area contributed by atoms with Crippen LogP contribution in [0, 0.1) is 0 Å². The molecule has 1 N–H and O–H groups in total. The number of likely N-dealkylation sites (tertiary alicyclic amines) is 1. The molecule has 7 nitrogen and oxygen atoms in total. The number of aliphatic hydroxyl groups is 1. The van der Waals surface area contributed by atoms with Crippen molar-refractivity contribution in [3.63, 3.8) is 0 Å². The molecule has 1 saturated heterocycles. The first-order chi connectivity index (χ1) is 8.72. The minimum atomic E-state index is -0.390. The van der Waals surface area contributed by atoms with Gasteiger partial charge in [-0.05, 0) is 16.7 Å². The maximum Gasteiger partial charge on any atom is 0.246 e. The summed E-state index contributed by atoms with van der Waals surface area (Å²) in [6, 6.07) is 3.81. The van der Waals surface area contributed by atoms with Crippen LogP contribution in [0.15, 0.2) is 17.5 Å². The Labute approximate surface area is 107 Å². The lowest BCUT2D eigenvalue weighted by Crippen LogP contribution is -2.54. The largest absolute Gasteiger partial charge is 0.389 e. The summed E-state index contributed by atoms with van der Waals surface area (Å²) < 4.78 is 0. The molecule has 94 valence electrons. The topological polar surface area (TPSA) is 84.1 Å². The molecule has 0 radical (unpaired) electrons. The van der Waals surface area contributed by atoms with Crippen LogP contribution in [0.3, 0.4) is 0 Å². The van der Waals surface area contributed by atoms with E-state index in [4.69, 9.17) is 5.11 Å². The van der Waals surface area contributed by atoms with Gasteiger partial charge in [0.2, 0.25) is 11.7 Å². The van der Waals surface area contributed by atoms with Crippen LogP contribution in [0.5, 0.6) is 0 Å². The Bertz CT molecular complexity index is 546. The van der Waals surface area contributed by atoms with Gasteiger partial charge in [-0.3, -0.25) is 4.79 Å². The minimum absolute atomic E-state index is 0.0606. The third-order valence-electron chi connectivity index (χ3n) is 2.69. The fraction of sp³-hybridized carbons (Fsp3) is 0.400. The number of thiophene rings is 1. The highest BCUT2D eigenvalue weighted by Crippen LogP contribution is 2.19. The lowest BCUT2D eigenvalue weighted by atomic mass is 10.2. The van der Waals surface area contributed by atoms with Crippen LogP contribution in [0.25, 0.3) is 10.7 Å². The van der Waals surface area contributed by atoms with Gasteiger partial charge in [0, 0.05) is 13.1 Å². The van der Waals surface area contributed by atoms with E-state index in [0.717, 1.165) is 4.88 Å². The van der Waals surface area contributed by atoms with Crippen molar-refractivity contribution < 1.29 is 9.90 Å². The van der Waals surface area contributed by atoms with Crippen LogP contribution in [0.4, 0.5) is 0 Å². The second-order valence-electron chi connectivity index (χ2n) is 4.07. The lowest BCUT2D eigenvalue weighted by molar-refractivity contribution is -0.142. The van der Waals surface area contributed by atoms with Gasteiger partial charge in [0.1, 0.15) is 6.54 Å². The lowest BCUT2D eigenvalue weighted by Gasteiger charge is -2.35. The molecule has 2 aromatic rings. The first-order valence-corrected chi connectivity index (χ1v) is 6.38. The molecule has 8 heteroatoms. The number of carbonyl (C=O) groups excluding carboxylic acids is 1. The zero-order valence-corrected chi connectivity index (χ0v) is 10.2. The Hall–Kier alpha value is -1.80. The zero-order valence-electron chi connectivity index (χ0n) is 9.43. The number of nitrogens with zero attached hydrogens (tertiary/aromatic N) is 5. The summed E-state index contributed by atoms with van der Waals surface area (Å²) in [6.07, 6.45) is -0.390. The molecule has 0 spiro atoms. The molecule has 1 aliphatic heterocycles. The van der Waals surface area contributed by atoms with Gasteiger partial charge >= 0.3 is 0 Å². The molecule has 1 aliphatic rings. The zero-order chi connectivity index (χ0) is 12.5. The molecule has 0 unspecified atom stereocenters. The highest BCUT2D eigenvalue weighted by atomic mass is 32.1. The van der Waals surface area contributed by atoms with E-state index in [9.17, 15) is 4.79 Å². The normalized spacial score (nSPS) is 15.7. The maximum atomic E-state index is 11.7. The maximum absolute atomic E-state index is 11.7. The van der Waals surface area contributed by atoms with Gasteiger partial charge in [0.25, 0.3) is 0 Å². The Kier molecular flexibility index (Phi) is 2.80. The number of amides is 1. The van der Waals surface area contributed by atoms with Crippen molar-refractivity contribution >= 4 is 17.2 Å². The van der Waals surface area contributed by atoms with Crippen molar-refractivity contribution in [3.05, 3.63) is 17.5 Å². The third kappa shape index (κ3) is 2.12. The van der Waals surface area contributed by atoms with E-state index in [1.54, 1.807) is 4.90 Å². The van der Waals surface area contributed by atoms with E-state index in [-0.39, 0.29) is 18.6 Å². The molecule has 0 saturated carbocycles. The minimum Gasteiger partial charge on any atom is -0.389 e. The molecule has 1 fully saturated rings. The van der Waals surface area contributed by atoms with Crippen LogP contribution >= 0.6 is 11.3 Å². The van der Waals surface area contributed by atoms with Crippen LogP contribution in [-0.4, -0.2) is 55.3 Å². The average Bonchev–Trinajstić information content (AvgIpc) is 2.93. The number of hydrogen-bond acceptors (Lipinski definition) is 6. The Morgan fingerprint density at radius 1 is 1.56 bits per heavy atom. The van der Waals surface area contributed by atoms with E-state index >= 15 is 0 Å². The van der Waals surface area contributed by atoms with Crippen molar-refractivity contribution in [2.45, 2.75) is 12.6 Å². The second kappa shape index (κ2) is 4.46. The highest BCUT2D eigenvalue weighted by Gasteiger charge is 2.29. The van der Waals surface area contributed by atoms with Gasteiger partial charge in [-0.2, -0.15) is 4.80 Å². The quantitative estimate of drug-likeness (QED) is 0.816. The molecule has 0 aromatic carbocycles. The molecule has 0 atom stereocenters. The number of aromatic nitrogens is 4. The monoisotopic (exact) mass is 265 g/mol. The SMILES string of the molecule is O=C(Cn1nnc(-c2cccs2)n1)N1CC(O)C1. The van der Waals surface area contributed by atoms with E-state index in [1.807, 2.05) is 17.5 Å². The van der Waals surface area contributed by atoms with E-state index < -0.39 is 0 Å². The summed E-state index contributed by atoms with van der Waals surface area (Å²) in [6.45, 7) is 0.849. The highest BCUT2D eigenvalue weighted by molar-refractivity contribution is 7.13. The molecule has 0 bridgehead atoms. The van der Waals surface area contributed by atoms with E-state index in [1.165, 1.54) is 16.1 Å². The molecule has 0 aliphatic carbocycles. The first kappa shape index (κ1) is 11.3.